The highest BCUT2D eigenvalue weighted by atomic mass is 32.1. The Morgan fingerprint density at radius 3 is 2.84 bits per heavy atom. The van der Waals surface area contributed by atoms with Crippen molar-refractivity contribution in [2.24, 2.45) is 0 Å². The Bertz CT molecular complexity index is 1540. The van der Waals surface area contributed by atoms with Crippen LogP contribution in [0.25, 0.3) is 34.1 Å². The monoisotopic (exact) mass is 522 g/mol. The number of H-pyrrole nitrogens is 1. The van der Waals surface area contributed by atoms with Gasteiger partial charge in [0.1, 0.15) is 16.9 Å². The number of amides is 1. The standard InChI is InChI=1S/C23H20F2N10OS/c24-19(25)18-11-28-23(37-18)22(36)29-12-4-3-5-13(8-12)35-17-9-15(20-31-33-34-32-20)27-10-16(17)30-21(35)14-6-1-2-7-26-14/h1-2,6-7,9-13,19H,3-5,8H2,(H,29,36)(H,31,32,33,34)/t12-,13+/m0/s1. The van der Waals surface area contributed by atoms with Crippen molar-refractivity contribution >= 4 is 28.3 Å². The van der Waals surface area contributed by atoms with Crippen molar-refractivity contribution in [1.29, 1.82) is 0 Å². The Hall–Kier alpha value is -4.20. The summed E-state index contributed by atoms with van der Waals surface area (Å²) in [5.41, 5.74) is 2.80. The summed E-state index contributed by atoms with van der Waals surface area (Å²) in [5.74, 6) is 0.627. The summed E-state index contributed by atoms with van der Waals surface area (Å²) in [6, 6.07) is 7.36. The van der Waals surface area contributed by atoms with Gasteiger partial charge < -0.3 is 9.88 Å². The molecule has 6 rings (SSSR count). The molecule has 5 heterocycles. The van der Waals surface area contributed by atoms with Gasteiger partial charge >= 0.3 is 0 Å². The number of aromatic nitrogens is 9. The summed E-state index contributed by atoms with van der Waals surface area (Å²) < 4.78 is 28.0. The third-order valence-corrected chi connectivity index (χ3v) is 7.33. The van der Waals surface area contributed by atoms with Gasteiger partial charge in [-0.15, -0.1) is 21.5 Å². The van der Waals surface area contributed by atoms with Crippen LogP contribution in [0.15, 0.2) is 42.9 Å². The molecule has 188 valence electrons. The Balaban J connectivity index is 1.34. The topological polar surface area (TPSA) is 140 Å². The first kappa shape index (κ1) is 23.2. The van der Waals surface area contributed by atoms with Crippen LogP contribution in [0.2, 0.25) is 0 Å². The van der Waals surface area contributed by atoms with Gasteiger partial charge in [0.05, 0.1) is 16.6 Å². The molecule has 1 aliphatic rings. The maximum absolute atomic E-state index is 12.9. The number of halogens is 2. The lowest BCUT2D eigenvalue weighted by Gasteiger charge is -2.31. The Kier molecular flexibility index (Phi) is 6.08. The number of nitrogens with zero attached hydrogens (tertiary/aromatic N) is 8. The number of rotatable bonds is 6. The predicted octanol–water partition coefficient (Wildman–Crippen LogP) is 3.98. The maximum Gasteiger partial charge on any atom is 0.280 e. The molecule has 0 aromatic carbocycles. The zero-order valence-electron chi connectivity index (χ0n) is 19.3. The minimum Gasteiger partial charge on any atom is -0.347 e. The van der Waals surface area contributed by atoms with Gasteiger partial charge in [0, 0.05) is 24.5 Å². The zero-order chi connectivity index (χ0) is 25.4. The number of pyridine rings is 2. The van der Waals surface area contributed by atoms with Crippen molar-refractivity contribution in [1.82, 2.24) is 50.4 Å². The number of aromatic amines is 1. The maximum atomic E-state index is 12.9. The third kappa shape index (κ3) is 4.55. The number of imidazole rings is 1. The number of nitrogens with one attached hydrogen (secondary N) is 2. The molecule has 5 aromatic heterocycles. The van der Waals surface area contributed by atoms with Gasteiger partial charge in [-0.2, -0.15) is 5.21 Å². The SMILES string of the molecule is O=C(N[C@H]1CCC[C@@H](n2c(-c3ccccn3)nc3cnc(-c4nn[nH]n4)cc32)C1)c1ncc(C(F)F)s1. The van der Waals surface area contributed by atoms with E-state index in [-0.39, 0.29) is 22.0 Å². The van der Waals surface area contributed by atoms with Crippen molar-refractivity contribution in [2.75, 3.05) is 0 Å². The average molecular weight is 523 g/mol. The molecule has 37 heavy (non-hydrogen) atoms. The van der Waals surface area contributed by atoms with Gasteiger partial charge in [0.25, 0.3) is 12.3 Å². The van der Waals surface area contributed by atoms with Crippen LogP contribution in [0.5, 0.6) is 0 Å². The molecule has 0 saturated heterocycles. The highest BCUT2D eigenvalue weighted by Gasteiger charge is 2.29. The molecule has 2 atom stereocenters. The lowest BCUT2D eigenvalue weighted by Crippen LogP contribution is -2.39. The zero-order valence-corrected chi connectivity index (χ0v) is 20.1. The van der Waals surface area contributed by atoms with E-state index in [0.717, 1.165) is 31.0 Å². The minimum atomic E-state index is -2.65. The number of alkyl halides is 2. The van der Waals surface area contributed by atoms with E-state index < -0.39 is 12.3 Å². The number of hydrogen-bond donors (Lipinski definition) is 2. The van der Waals surface area contributed by atoms with Crippen LogP contribution in [0.1, 0.15) is 52.8 Å². The lowest BCUT2D eigenvalue weighted by molar-refractivity contribution is 0.0920. The summed E-state index contributed by atoms with van der Waals surface area (Å²) in [4.78, 5) is 30.2. The molecular weight excluding hydrogens is 502 g/mol. The van der Waals surface area contributed by atoms with Crippen LogP contribution in [-0.4, -0.2) is 57.1 Å². The molecule has 0 radical (unpaired) electrons. The fourth-order valence-corrected chi connectivity index (χ4v) is 5.38. The highest BCUT2D eigenvalue weighted by molar-refractivity contribution is 7.13. The van der Waals surface area contributed by atoms with E-state index >= 15 is 0 Å². The van der Waals surface area contributed by atoms with Crippen molar-refractivity contribution in [3.8, 4) is 23.0 Å². The number of hydrogen-bond acceptors (Lipinski definition) is 9. The Morgan fingerprint density at radius 1 is 1.16 bits per heavy atom. The van der Waals surface area contributed by atoms with Crippen molar-refractivity contribution in [2.45, 2.75) is 44.2 Å². The average Bonchev–Trinajstić information content (AvgIpc) is 3.69. The Labute approximate surface area is 212 Å². The molecule has 2 N–H and O–H groups in total. The first-order valence-electron chi connectivity index (χ1n) is 11.6. The van der Waals surface area contributed by atoms with Gasteiger partial charge in [-0.3, -0.25) is 14.8 Å². The first-order chi connectivity index (χ1) is 18.1. The van der Waals surface area contributed by atoms with E-state index in [1.54, 1.807) is 12.4 Å². The molecule has 5 aromatic rings. The summed E-state index contributed by atoms with van der Waals surface area (Å²) >= 11 is 0.715. The summed E-state index contributed by atoms with van der Waals surface area (Å²) in [7, 11) is 0. The van der Waals surface area contributed by atoms with E-state index in [1.165, 1.54) is 0 Å². The van der Waals surface area contributed by atoms with Gasteiger partial charge in [0.2, 0.25) is 5.82 Å². The van der Waals surface area contributed by atoms with Crippen LogP contribution < -0.4 is 5.32 Å². The minimum absolute atomic E-state index is 0.00510. The van der Waals surface area contributed by atoms with Gasteiger partial charge in [-0.25, -0.2) is 18.7 Å². The molecule has 14 heteroatoms. The predicted molar refractivity (Wildman–Crippen MR) is 130 cm³/mol. The lowest BCUT2D eigenvalue weighted by atomic mass is 9.90. The van der Waals surface area contributed by atoms with Crippen molar-refractivity contribution in [3.05, 3.63) is 52.7 Å². The van der Waals surface area contributed by atoms with E-state index in [2.05, 4.69) is 45.5 Å². The normalized spacial score (nSPS) is 17.9. The molecule has 1 amide bonds. The smallest absolute Gasteiger partial charge is 0.280 e. The van der Waals surface area contributed by atoms with E-state index in [0.29, 0.717) is 46.3 Å². The third-order valence-electron chi connectivity index (χ3n) is 6.32. The largest absolute Gasteiger partial charge is 0.347 e. The number of fused-ring (bicyclic) bond motifs is 1. The fraction of sp³-hybridized carbons (Fsp3) is 0.304. The van der Waals surface area contributed by atoms with E-state index in [9.17, 15) is 13.6 Å². The molecule has 1 saturated carbocycles. The Morgan fingerprint density at radius 2 is 2.08 bits per heavy atom. The van der Waals surface area contributed by atoms with Crippen LogP contribution in [0.3, 0.4) is 0 Å². The number of carbonyl (C=O) groups is 1. The molecule has 1 fully saturated rings. The van der Waals surface area contributed by atoms with Gasteiger partial charge in [-0.05, 0) is 49.1 Å². The molecule has 1 aliphatic carbocycles. The molecule has 0 aliphatic heterocycles. The number of carbonyl (C=O) groups excluding carboxylic acids is 1. The van der Waals surface area contributed by atoms with Crippen LogP contribution >= 0.6 is 11.3 Å². The van der Waals surface area contributed by atoms with Crippen molar-refractivity contribution < 1.29 is 13.6 Å². The van der Waals surface area contributed by atoms with Crippen LogP contribution in [0.4, 0.5) is 8.78 Å². The molecule has 0 bridgehead atoms. The van der Waals surface area contributed by atoms with E-state index in [4.69, 9.17) is 4.98 Å². The van der Waals surface area contributed by atoms with Crippen LogP contribution in [0, 0.1) is 0 Å². The fourth-order valence-electron chi connectivity index (χ4n) is 4.71. The summed E-state index contributed by atoms with van der Waals surface area (Å²) in [6.07, 6.45) is 4.93. The van der Waals surface area contributed by atoms with Gasteiger partial charge in [0.15, 0.2) is 10.8 Å². The quantitative estimate of drug-likeness (QED) is 0.341. The molecule has 0 unspecified atom stereocenters. The number of thiazole rings is 1. The second-order valence-electron chi connectivity index (χ2n) is 8.67. The van der Waals surface area contributed by atoms with E-state index in [1.807, 2.05) is 24.3 Å². The van der Waals surface area contributed by atoms with Crippen LogP contribution in [-0.2, 0) is 0 Å². The second kappa shape index (κ2) is 9.69. The first-order valence-corrected chi connectivity index (χ1v) is 12.5. The molecule has 0 spiro atoms. The second-order valence-corrected chi connectivity index (χ2v) is 9.74. The van der Waals surface area contributed by atoms with Crippen molar-refractivity contribution in [3.63, 3.8) is 0 Å². The number of tetrazole rings is 1. The van der Waals surface area contributed by atoms with Gasteiger partial charge in [-0.1, -0.05) is 6.07 Å². The summed E-state index contributed by atoms with van der Waals surface area (Å²) in [5, 5.41) is 17.2. The molecular formula is C23H20F2N10OS. The summed E-state index contributed by atoms with van der Waals surface area (Å²) in [6.45, 7) is 0. The molecule has 11 nitrogen and oxygen atoms in total. The highest BCUT2D eigenvalue weighted by Crippen LogP contribution is 2.36.